The van der Waals surface area contributed by atoms with Crippen LogP contribution >= 0.6 is 0 Å². The highest BCUT2D eigenvalue weighted by Gasteiger charge is 2.39. The summed E-state index contributed by atoms with van der Waals surface area (Å²) in [6, 6.07) is 0.158. The van der Waals surface area contributed by atoms with E-state index in [-0.39, 0.29) is 12.6 Å². The van der Waals surface area contributed by atoms with Crippen LogP contribution in [-0.2, 0) is 19.3 Å². The van der Waals surface area contributed by atoms with E-state index in [1.165, 1.54) is 4.57 Å². The molecular formula is C11H18F3N5. The van der Waals surface area contributed by atoms with Crippen molar-refractivity contribution in [1.29, 1.82) is 0 Å². The highest BCUT2D eigenvalue weighted by Crippen LogP contribution is 2.29. The normalized spacial score (nSPS) is 18.4. The summed E-state index contributed by atoms with van der Waals surface area (Å²) in [6.07, 6.45) is -2.57. The van der Waals surface area contributed by atoms with E-state index in [0.29, 0.717) is 18.9 Å². The highest BCUT2D eigenvalue weighted by atomic mass is 19.4. The molecule has 8 heteroatoms. The van der Waals surface area contributed by atoms with E-state index in [1.54, 1.807) is 0 Å². The lowest BCUT2D eigenvalue weighted by Crippen LogP contribution is -2.36. The summed E-state index contributed by atoms with van der Waals surface area (Å²) in [7, 11) is 0. The maximum absolute atomic E-state index is 12.6. The van der Waals surface area contributed by atoms with Gasteiger partial charge in [-0.25, -0.2) is 0 Å². The Morgan fingerprint density at radius 1 is 1.32 bits per heavy atom. The van der Waals surface area contributed by atoms with Crippen LogP contribution in [0.1, 0.15) is 31.4 Å². The van der Waals surface area contributed by atoms with Crippen molar-refractivity contribution in [2.24, 2.45) is 5.73 Å². The van der Waals surface area contributed by atoms with Crippen molar-refractivity contribution in [1.82, 2.24) is 19.7 Å². The van der Waals surface area contributed by atoms with Crippen LogP contribution in [0.5, 0.6) is 0 Å². The predicted molar refractivity (Wildman–Crippen MR) is 63.2 cm³/mol. The molecule has 5 nitrogen and oxygen atoms in total. The SMILES string of the molecule is CC(N)CCCN1CCn2c(nnc2C(F)(F)F)C1. The second-order valence-electron chi connectivity index (χ2n) is 4.98. The van der Waals surface area contributed by atoms with Crippen molar-refractivity contribution < 1.29 is 13.2 Å². The molecule has 1 aliphatic rings. The Bertz CT molecular complexity index is 426. The van der Waals surface area contributed by atoms with Gasteiger partial charge in [0, 0.05) is 19.1 Å². The molecule has 0 saturated carbocycles. The summed E-state index contributed by atoms with van der Waals surface area (Å²) < 4.78 is 39.1. The third-order valence-electron chi connectivity index (χ3n) is 3.22. The quantitative estimate of drug-likeness (QED) is 0.899. The molecule has 1 aromatic heterocycles. The molecule has 0 aliphatic carbocycles. The topological polar surface area (TPSA) is 60.0 Å². The van der Waals surface area contributed by atoms with Crippen molar-refractivity contribution >= 4 is 0 Å². The molecule has 1 aliphatic heterocycles. The van der Waals surface area contributed by atoms with Gasteiger partial charge in [-0.2, -0.15) is 13.2 Å². The first kappa shape index (κ1) is 14.3. The first-order chi connectivity index (χ1) is 8.88. The Morgan fingerprint density at radius 3 is 2.68 bits per heavy atom. The average molecular weight is 277 g/mol. The Hall–Kier alpha value is -1.15. The molecule has 2 rings (SSSR count). The van der Waals surface area contributed by atoms with Crippen LogP contribution in [-0.4, -0.2) is 38.8 Å². The fraction of sp³-hybridized carbons (Fsp3) is 0.818. The van der Waals surface area contributed by atoms with Crippen molar-refractivity contribution in [3.05, 3.63) is 11.6 Å². The molecule has 19 heavy (non-hydrogen) atoms. The molecular weight excluding hydrogens is 259 g/mol. The maximum Gasteiger partial charge on any atom is 0.451 e. The van der Waals surface area contributed by atoms with Crippen LogP contribution in [0.4, 0.5) is 13.2 Å². The first-order valence-corrected chi connectivity index (χ1v) is 6.35. The second-order valence-corrected chi connectivity index (χ2v) is 4.98. The maximum atomic E-state index is 12.6. The van der Waals surface area contributed by atoms with E-state index >= 15 is 0 Å². The molecule has 0 amide bonds. The zero-order valence-electron chi connectivity index (χ0n) is 10.8. The van der Waals surface area contributed by atoms with Gasteiger partial charge in [-0.15, -0.1) is 10.2 Å². The Kier molecular flexibility index (Phi) is 4.10. The number of aromatic nitrogens is 3. The fourth-order valence-electron chi connectivity index (χ4n) is 2.25. The summed E-state index contributed by atoms with van der Waals surface area (Å²) in [6.45, 7) is 4.07. The lowest BCUT2D eigenvalue weighted by atomic mass is 10.2. The van der Waals surface area contributed by atoms with Crippen molar-refractivity contribution in [2.45, 2.75) is 45.1 Å². The Balaban J connectivity index is 1.96. The number of nitrogens with two attached hydrogens (primary N) is 1. The van der Waals surface area contributed by atoms with Gasteiger partial charge in [-0.1, -0.05) is 0 Å². The third-order valence-corrected chi connectivity index (χ3v) is 3.22. The van der Waals surface area contributed by atoms with Gasteiger partial charge in [-0.3, -0.25) is 4.90 Å². The van der Waals surface area contributed by atoms with E-state index < -0.39 is 12.0 Å². The Labute approximate surface area is 109 Å². The van der Waals surface area contributed by atoms with Gasteiger partial charge in [-0.05, 0) is 26.3 Å². The molecule has 0 saturated heterocycles. The van der Waals surface area contributed by atoms with Crippen molar-refractivity contribution in [2.75, 3.05) is 13.1 Å². The average Bonchev–Trinajstić information content (AvgIpc) is 2.71. The lowest BCUT2D eigenvalue weighted by molar-refractivity contribution is -0.148. The van der Waals surface area contributed by atoms with Crippen molar-refractivity contribution in [3.63, 3.8) is 0 Å². The largest absolute Gasteiger partial charge is 0.451 e. The fourth-order valence-corrected chi connectivity index (χ4v) is 2.25. The number of fused-ring (bicyclic) bond motifs is 1. The third kappa shape index (κ3) is 3.44. The number of nitrogens with zero attached hydrogens (tertiary/aromatic N) is 4. The summed E-state index contributed by atoms with van der Waals surface area (Å²) in [5.74, 6) is -0.503. The van der Waals surface area contributed by atoms with Crippen molar-refractivity contribution in [3.8, 4) is 0 Å². The first-order valence-electron chi connectivity index (χ1n) is 6.35. The predicted octanol–water partition coefficient (Wildman–Crippen LogP) is 1.24. The molecule has 0 bridgehead atoms. The summed E-state index contributed by atoms with van der Waals surface area (Å²) in [5.41, 5.74) is 5.67. The minimum atomic E-state index is -4.43. The summed E-state index contributed by atoms with van der Waals surface area (Å²) in [5, 5.41) is 6.90. The Morgan fingerprint density at radius 2 is 2.05 bits per heavy atom. The van der Waals surface area contributed by atoms with Crippen LogP contribution in [0.2, 0.25) is 0 Å². The van der Waals surface area contributed by atoms with Crippen LogP contribution in [0, 0.1) is 0 Å². The number of hydrogen-bond acceptors (Lipinski definition) is 4. The zero-order valence-corrected chi connectivity index (χ0v) is 10.8. The lowest BCUT2D eigenvalue weighted by Gasteiger charge is -2.28. The van der Waals surface area contributed by atoms with E-state index in [1.807, 2.05) is 6.92 Å². The monoisotopic (exact) mass is 277 g/mol. The van der Waals surface area contributed by atoms with Crippen LogP contribution in [0.3, 0.4) is 0 Å². The van der Waals surface area contributed by atoms with Gasteiger partial charge in [0.2, 0.25) is 5.82 Å². The van der Waals surface area contributed by atoms with Gasteiger partial charge in [0.05, 0.1) is 6.54 Å². The van der Waals surface area contributed by atoms with Gasteiger partial charge in [0.25, 0.3) is 0 Å². The molecule has 0 aromatic carbocycles. The summed E-state index contributed by atoms with van der Waals surface area (Å²) >= 11 is 0. The number of hydrogen-bond donors (Lipinski definition) is 1. The zero-order chi connectivity index (χ0) is 14.0. The molecule has 2 heterocycles. The summed E-state index contributed by atoms with van der Waals surface area (Å²) in [4.78, 5) is 2.09. The number of halogens is 3. The molecule has 2 N–H and O–H groups in total. The minimum absolute atomic E-state index is 0.158. The van der Waals surface area contributed by atoms with Gasteiger partial charge in [0.15, 0.2) is 0 Å². The van der Waals surface area contributed by atoms with E-state index in [0.717, 1.165) is 19.4 Å². The minimum Gasteiger partial charge on any atom is -0.328 e. The van der Waals surface area contributed by atoms with Gasteiger partial charge >= 0.3 is 6.18 Å². The number of rotatable bonds is 4. The molecule has 1 aromatic rings. The smallest absolute Gasteiger partial charge is 0.328 e. The molecule has 108 valence electrons. The highest BCUT2D eigenvalue weighted by molar-refractivity contribution is 5.02. The van der Waals surface area contributed by atoms with Gasteiger partial charge in [0.1, 0.15) is 5.82 Å². The molecule has 0 spiro atoms. The second kappa shape index (κ2) is 5.46. The van der Waals surface area contributed by atoms with Crippen LogP contribution in [0.25, 0.3) is 0 Å². The molecule has 0 fully saturated rings. The van der Waals surface area contributed by atoms with E-state index in [9.17, 15) is 13.2 Å². The molecule has 1 atom stereocenters. The molecule has 0 radical (unpaired) electrons. The van der Waals surface area contributed by atoms with E-state index in [4.69, 9.17) is 5.73 Å². The van der Waals surface area contributed by atoms with Gasteiger partial charge < -0.3 is 10.3 Å². The molecule has 1 unspecified atom stereocenters. The van der Waals surface area contributed by atoms with Crippen LogP contribution < -0.4 is 5.73 Å². The van der Waals surface area contributed by atoms with Crippen LogP contribution in [0.15, 0.2) is 0 Å². The van der Waals surface area contributed by atoms with E-state index in [2.05, 4.69) is 15.1 Å². The standard InChI is InChI=1S/C11H18F3N5/c1-8(15)3-2-4-18-5-6-19-9(7-18)16-17-10(19)11(12,13)14/h8H,2-7,15H2,1H3. The number of alkyl halides is 3.